The van der Waals surface area contributed by atoms with E-state index in [9.17, 15) is 39.6 Å². The molecule has 20 nitrogen and oxygen atoms in total. The summed E-state index contributed by atoms with van der Waals surface area (Å²) in [7, 11) is -6.31. The number of carbonyl (C=O) groups is 2. The van der Waals surface area contributed by atoms with Gasteiger partial charge in [0.2, 0.25) is 31.6 Å². The predicted molar refractivity (Wildman–Crippen MR) is 261 cm³/mol. The normalized spacial score (nSPS) is 11.3. The van der Waals surface area contributed by atoms with Gasteiger partial charge in [-0.15, -0.1) is 0 Å². The van der Waals surface area contributed by atoms with E-state index in [4.69, 9.17) is 14.8 Å². The van der Waals surface area contributed by atoms with Crippen molar-refractivity contribution in [3.05, 3.63) is 136 Å². The summed E-state index contributed by atoms with van der Waals surface area (Å²) in [5.41, 5.74) is -0.640. The Labute approximate surface area is 416 Å². The second-order valence-electron chi connectivity index (χ2n) is 15.0. The molecule has 0 saturated carbocycles. The standard InChI is InChI=1S/C22H19F2N5O4S.C17H14BrF2N3O3S.C5H7BN2O3/c1-3-6-34(31,32)29-17-5-4-16(23)18(19(17)24)20(30)15-11-26-21-14(15)7-12(8-25-21)13-9-27-22(33-2)28-10-13;1-2-5-27(25,26)23-13-4-3-12(19)14(15(13)20)16(24)11-8-22-17-10(11)6-9(18)7-21-17;1-11-5-7-2-4(3-8-5)6(9)10/h4-5,7-11,29H,3,6H2,1-2H3,(H,25,26);3-4,6-8,23H,2,5H2,1H3,(H,21,22);2-3,9-10H,1H3. The second-order valence-corrected chi connectivity index (χ2v) is 19.6. The number of sulfonamides is 2. The third-order valence-corrected chi connectivity index (χ3v) is 13.3. The SMILES string of the molecule is CCCS(=O)(=O)Nc1ccc(F)c(C(=O)c2c[nH]c3ncc(-c4cnc(OC)nc4)cc23)c1F.CCCS(=O)(=O)Nc1ccc(F)c(C(=O)c2c[nH]c3ncc(Br)cc23)c1F.COc1ncc(B(O)O)cn1. The fourth-order valence-corrected chi connectivity index (χ4v) is 9.17. The van der Waals surface area contributed by atoms with Crippen LogP contribution in [0.5, 0.6) is 12.0 Å². The number of anilines is 2. The number of halogens is 5. The van der Waals surface area contributed by atoms with E-state index in [1.807, 2.05) is 0 Å². The second kappa shape index (κ2) is 23.2. The van der Waals surface area contributed by atoms with E-state index in [1.54, 1.807) is 26.0 Å². The molecule has 0 atom stereocenters. The van der Waals surface area contributed by atoms with Gasteiger partial charge in [-0.1, -0.05) is 13.8 Å². The highest BCUT2D eigenvalue weighted by Crippen LogP contribution is 2.31. The molecule has 0 fully saturated rings. The molecule has 0 bridgehead atoms. The molecule has 0 radical (unpaired) electrons. The minimum Gasteiger partial charge on any atom is -0.467 e. The Morgan fingerprint density at radius 3 is 1.49 bits per heavy atom. The van der Waals surface area contributed by atoms with Crippen LogP contribution < -0.4 is 24.4 Å². The average molecular weight is 1100 g/mol. The van der Waals surface area contributed by atoms with Gasteiger partial charge in [-0.2, -0.15) is 0 Å². The van der Waals surface area contributed by atoms with Crippen LogP contribution in [0.25, 0.3) is 33.2 Å². The van der Waals surface area contributed by atoms with Gasteiger partial charge in [0.1, 0.15) is 22.9 Å². The largest absolute Gasteiger partial charge is 0.491 e. The molecule has 8 rings (SSSR count). The van der Waals surface area contributed by atoms with Crippen molar-refractivity contribution in [2.24, 2.45) is 0 Å². The first-order valence-electron chi connectivity index (χ1n) is 21.0. The molecule has 0 spiro atoms. The Kier molecular flexibility index (Phi) is 17.4. The highest BCUT2D eigenvalue weighted by molar-refractivity contribution is 9.10. The van der Waals surface area contributed by atoms with E-state index >= 15 is 4.39 Å². The molecule has 2 aromatic carbocycles. The summed E-state index contributed by atoms with van der Waals surface area (Å²) in [6.45, 7) is 3.30. The minimum absolute atomic E-state index is 0.0187. The number of ketones is 2. The number of benzene rings is 2. The summed E-state index contributed by atoms with van der Waals surface area (Å²) >= 11 is 3.23. The minimum atomic E-state index is -3.85. The zero-order valence-electron chi connectivity index (χ0n) is 38.0. The zero-order valence-corrected chi connectivity index (χ0v) is 41.3. The van der Waals surface area contributed by atoms with E-state index < -0.39 is 84.5 Å². The van der Waals surface area contributed by atoms with Crippen molar-refractivity contribution in [2.45, 2.75) is 26.7 Å². The lowest BCUT2D eigenvalue weighted by atomic mass is 9.83. The summed E-state index contributed by atoms with van der Waals surface area (Å²) in [6, 6.07) is 7.16. The first kappa shape index (κ1) is 53.9. The maximum Gasteiger partial charge on any atom is 0.491 e. The van der Waals surface area contributed by atoms with Gasteiger partial charge in [-0.3, -0.25) is 19.0 Å². The van der Waals surface area contributed by atoms with Gasteiger partial charge in [0.25, 0.3) is 0 Å². The number of fused-ring (bicyclic) bond motifs is 2. The van der Waals surface area contributed by atoms with Crippen molar-refractivity contribution in [1.29, 1.82) is 0 Å². The summed E-state index contributed by atoms with van der Waals surface area (Å²) in [4.78, 5) is 55.3. The molecule has 0 amide bonds. The van der Waals surface area contributed by atoms with E-state index in [1.165, 1.54) is 63.8 Å². The molecule has 8 aromatic rings. The van der Waals surface area contributed by atoms with Crippen LogP contribution in [0, 0.1) is 23.3 Å². The van der Waals surface area contributed by atoms with Crippen LogP contribution in [0.2, 0.25) is 0 Å². The van der Waals surface area contributed by atoms with Crippen molar-refractivity contribution >= 4 is 93.6 Å². The Hall–Kier alpha value is -7.40. The number of H-pyrrole nitrogens is 2. The molecule has 376 valence electrons. The van der Waals surface area contributed by atoms with Gasteiger partial charge in [0, 0.05) is 92.5 Å². The van der Waals surface area contributed by atoms with Crippen molar-refractivity contribution in [3.63, 3.8) is 0 Å². The van der Waals surface area contributed by atoms with Crippen LogP contribution in [0.15, 0.2) is 90.4 Å². The molecule has 6 heterocycles. The molecule has 0 aliphatic heterocycles. The predicted octanol–water partition coefficient (Wildman–Crippen LogP) is 5.84. The van der Waals surface area contributed by atoms with Gasteiger partial charge in [0.05, 0.1) is 48.2 Å². The fraction of sp³-hybridized carbons (Fsp3) is 0.182. The fourth-order valence-electron chi connectivity index (χ4n) is 6.57. The molecule has 0 saturated heterocycles. The maximum atomic E-state index is 15.1. The highest BCUT2D eigenvalue weighted by Gasteiger charge is 2.28. The topological polar surface area (TPSA) is 294 Å². The number of pyridine rings is 2. The number of nitrogens with zero attached hydrogens (tertiary/aromatic N) is 6. The number of aromatic amines is 2. The van der Waals surface area contributed by atoms with Crippen LogP contribution in [-0.4, -0.2) is 111 Å². The van der Waals surface area contributed by atoms with E-state index in [0.29, 0.717) is 50.5 Å². The Morgan fingerprint density at radius 1 is 0.639 bits per heavy atom. The molecular weight excluding hydrogens is 1060 g/mol. The van der Waals surface area contributed by atoms with Gasteiger partial charge >= 0.3 is 19.1 Å². The van der Waals surface area contributed by atoms with E-state index in [2.05, 4.69) is 70.0 Å². The molecule has 0 aliphatic carbocycles. The molecule has 72 heavy (non-hydrogen) atoms. The number of carbonyl (C=O) groups excluding carboxylic acids is 2. The summed E-state index contributed by atoms with van der Waals surface area (Å²) in [5.74, 6) is -7.15. The smallest absolute Gasteiger partial charge is 0.467 e. The van der Waals surface area contributed by atoms with Crippen molar-refractivity contribution in [1.82, 2.24) is 39.9 Å². The Balaban J connectivity index is 0.000000198. The van der Waals surface area contributed by atoms with Crippen molar-refractivity contribution < 1.29 is 63.5 Å². The number of rotatable bonds is 16. The molecule has 6 aromatic heterocycles. The first-order valence-corrected chi connectivity index (χ1v) is 25.1. The molecule has 28 heteroatoms. The van der Waals surface area contributed by atoms with Gasteiger partial charge in [0.15, 0.2) is 11.6 Å². The number of hydrogen-bond donors (Lipinski definition) is 6. The van der Waals surface area contributed by atoms with E-state index in [0.717, 1.165) is 24.3 Å². The van der Waals surface area contributed by atoms with Crippen molar-refractivity contribution in [2.75, 3.05) is 35.2 Å². The Bertz CT molecular complexity index is 3500. The summed E-state index contributed by atoms with van der Waals surface area (Å²) < 4.78 is 121. The summed E-state index contributed by atoms with van der Waals surface area (Å²) in [5, 5.41) is 17.9. The van der Waals surface area contributed by atoms with Crippen LogP contribution in [-0.2, 0) is 20.0 Å². The zero-order chi connectivity index (χ0) is 52.5. The van der Waals surface area contributed by atoms with Crippen LogP contribution in [0.3, 0.4) is 0 Å². The number of methoxy groups -OCH3 is 2. The lowest BCUT2D eigenvalue weighted by Crippen LogP contribution is -2.30. The number of aromatic nitrogens is 8. The lowest BCUT2D eigenvalue weighted by Gasteiger charge is -2.11. The van der Waals surface area contributed by atoms with Crippen molar-refractivity contribution in [3.8, 4) is 23.1 Å². The van der Waals surface area contributed by atoms with Crippen LogP contribution >= 0.6 is 15.9 Å². The van der Waals surface area contributed by atoms with Gasteiger partial charge in [-0.05, 0) is 65.2 Å². The quantitative estimate of drug-likeness (QED) is 0.0376. The lowest BCUT2D eigenvalue weighted by molar-refractivity contribution is 0.102. The van der Waals surface area contributed by atoms with Crippen LogP contribution in [0.4, 0.5) is 28.9 Å². The Morgan fingerprint density at radius 2 is 1.06 bits per heavy atom. The first-order chi connectivity index (χ1) is 34.2. The molecular formula is C44H40BBrF4N10O10S2. The number of ether oxygens (including phenoxy) is 2. The third kappa shape index (κ3) is 12.7. The summed E-state index contributed by atoms with van der Waals surface area (Å²) in [6.07, 6.45) is 11.9. The van der Waals surface area contributed by atoms with Crippen LogP contribution in [0.1, 0.15) is 58.5 Å². The van der Waals surface area contributed by atoms with Gasteiger partial charge in [-0.25, -0.2) is 64.3 Å². The maximum absolute atomic E-state index is 15.1. The van der Waals surface area contributed by atoms with E-state index in [-0.39, 0.29) is 40.1 Å². The highest BCUT2D eigenvalue weighted by atomic mass is 79.9. The number of hydrogen-bond acceptors (Lipinski definition) is 16. The molecule has 0 aliphatic rings. The number of nitrogens with one attached hydrogen (secondary N) is 4. The van der Waals surface area contributed by atoms with Gasteiger partial charge < -0.3 is 29.5 Å². The average Bonchev–Trinajstić information content (AvgIpc) is 3.98. The third-order valence-electron chi connectivity index (χ3n) is 9.90. The molecule has 0 unspecified atom stereocenters. The monoisotopic (exact) mass is 1100 g/mol. The molecule has 6 N–H and O–H groups in total.